The van der Waals surface area contributed by atoms with Gasteiger partial charge in [0.05, 0.1) is 17.3 Å². The number of hydrogen-bond donors (Lipinski definition) is 1. The van der Waals surface area contributed by atoms with E-state index in [2.05, 4.69) is 4.98 Å². The molecule has 0 atom stereocenters. The SMILES string of the molecule is N#Cc1cc(F)cc(Cc2ccnc(-c3ccc(C(N)=O)cc3)c2)c1. The lowest BCUT2D eigenvalue weighted by atomic mass is 10.0. The third-order valence-electron chi connectivity index (χ3n) is 3.78. The maximum atomic E-state index is 13.6. The van der Waals surface area contributed by atoms with Gasteiger partial charge in [0, 0.05) is 17.3 Å². The molecule has 0 fully saturated rings. The summed E-state index contributed by atoms with van der Waals surface area (Å²) in [5.74, 6) is -0.905. The van der Waals surface area contributed by atoms with Gasteiger partial charge in [-0.2, -0.15) is 5.26 Å². The van der Waals surface area contributed by atoms with Gasteiger partial charge in [0.1, 0.15) is 5.82 Å². The Bertz CT molecular complexity index is 975. The van der Waals surface area contributed by atoms with E-state index in [1.54, 1.807) is 36.5 Å². The summed E-state index contributed by atoms with van der Waals surface area (Å²) >= 11 is 0. The van der Waals surface area contributed by atoms with Crippen LogP contribution in [-0.4, -0.2) is 10.9 Å². The van der Waals surface area contributed by atoms with Crippen molar-refractivity contribution in [2.45, 2.75) is 6.42 Å². The summed E-state index contributed by atoms with van der Waals surface area (Å²) in [6.45, 7) is 0. The Morgan fingerprint density at radius 1 is 1.08 bits per heavy atom. The van der Waals surface area contributed by atoms with Gasteiger partial charge in [-0.1, -0.05) is 12.1 Å². The van der Waals surface area contributed by atoms with Crippen molar-refractivity contribution < 1.29 is 9.18 Å². The van der Waals surface area contributed by atoms with Crippen LogP contribution in [0.1, 0.15) is 27.0 Å². The highest BCUT2D eigenvalue weighted by atomic mass is 19.1. The second kappa shape index (κ2) is 6.93. The van der Waals surface area contributed by atoms with Crippen molar-refractivity contribution in [2.75, 3.05) is 0 Å². The first-order valence-electron chi connectivity index (χ1n) is 7.60. The zero-order chi connectivity index (χ0) is 17.8. The number of pyridine rings is 1. The quantitative estimate of drug-likeness (QED) is 0.795. The largest absolute Gasteiger partial charge is 0.366 e. The predicted molar refractivity (Wildman–Crippen MR) is 92.1 cm³/mol. The third-order valence-corrected chi connectivity index (χ3v) is 3.78. The Morgan fingerprint density at radius 3 is 2.52 bits per heavy atom. The number of rotatable bonds is 4. The lowest BCUT2D eigenvalue weighted by Crippen LogP contribution is -2.10. The summed E-state index contributed by atoms with van der Waals surface area (Å²) in [5.41, 5.74) is 9.23. The van der Waals surface area contributed by atoms with Gasteiger partial charge < -0.3 is 5.73 Å². The number of amides is 1. The van der Waals surface area contributed by atoms with Crippen LogP contribution >= 0.6 is 0 Å². The van der Waals surface area contributed by atoms with E-state index in [-0.39, 0.29) is 0 Å². The van der Waals surface area contributed by atoms with E-state index in [4.69, 9.17) is 11.0 Å². The Balaban J connectivity index is 1.88. The molecule has 2 aromatic carbocycles. The van der Waals surface area contributed by atoms with Gasteiger partial charge >= 0.3 is 0 Å². The molecule has 1 amide bonds. The topological polar surface area (TPSA) is 79.8 Å². The number of nitrogens with zero attached hydrogens (tertiary/aromatic N) is 2. The van der Waals surface area contributed by atoms with E-state index >= 15 is 0 Å². The Morgan fingerprint density at radius 2 is 1.84 bits per heavy atom. The molecule has 0 aliphatic carbocycles. The van der Waals surface area contributed by atoms with Crippen molar-refractivity contribution in [1.82, 2.24) is 4.98 Å². The van der Waals surface area contributed by atoms with Gasteiger partial charge in [0.25, 0.3) is 0 Å². The molecule has 0 unspecified atom stereocenters. The maximum absolute atomic E-state index is 13.6. The lowest BCUT2D eigenvalue weighted by Gasteiger charge is -2.06. The number of hydrogen-bond acceptors (Lipinski definition) is 3. The second-order valence-corrected chi connectivity index (χ2v) is 5.63. The summed E-state index contributed by atoms with van der Waals surface area (Å²) in [6, 6.07) is 16.9. The molecule has 0 spiro atoms. The summed E-state index contributed by atoms with van der Waals surface area (Å²) in [7, 11) is 0. The highest BCUT2D eigenvalue weighted by molar-refractivity contribution is 5.93. The number of nitrogens with two attached hydrogens (primary N) is 1. The molecule has 3 aromatic rings. The summed E-state index contributed by atoms with van der Waals surface area (Å²) < 4.78 is 13.6. The number of aromatic nitrogens is 1. The molecular formula is C20H14FN3O. The molecule has 1 aromatic heterocycles. The third kappa shape index (κ3) is 3.88. The van der Waals surface area contributed by atoms with E-state index < -0.39 is 11.7 Å². The first-order chi connectivity index (χ1) is 12.0. The minimum absolute atomic E-state index is 0.298. The van der Waals surface area contributed by atoms with Crippen molar-refractivity contribution in [3.63, 3.8) is 0 Å². The van der Waals surface area contributed by atoms with Crippen molar-refractivity contribution in [3.05, 3.63) is 88.9 Å². The van der Waals surface area contributed by atoms with Gasteiger partial charge in [-0.3, -0.25) is 9.78 Å². The smallest absolute Gasteiger partial charge is 0.248 e. The molecular weight excluding hydrogens is 317 g/mol. The van der Waals surface area contributed by atoms with Crippen molar-refractivity contribution in [2.24, 2.45) is 5.73 Å². The molecule has 3 rings (SSSR count). The van der Waals surface area contributed by atoms with Crippen molar-refractivity contribution in [3.8, 4) is 17.3 Å². The number of carbonyl (C=O) groups is 1. The molecule has 5 heteroatoms. The Labute approximate surface area is 144 Å². The molecule has 4 nitrogen and oxygen atoms in total. The zero-order valence-electron chi connectivity index (χ0n) is 13.2. The highest BCUT2D eigenvalue weighted by Gasteiger charge is 2.06. The number of halogens is 1. The molecule has 0 aliphatic heterocycles. The minimum atomic E-state index is -0.479. The molecule has 1 heterocycles. The molecule has 0 aliphatic rings. The number of carbonyl (C=O) groups excluding carboxylic acids is 1. The fraction of sp³-hybridized carbons (Fsp3) is 0.0500. The normalized spacial score (nSPS) is 10.2. The zero-order valence-corrected chi connectivity index (χ0v) is 13.2. The number of benzene rings is 2. The Hall–Kier alpha value is -3.52. The maximum Gasteiger partial charge on any atom is 0.248 e. The van der Waals surface area contributed by atoms with Crippen LogP contribution in [0.25, 0.3) is 11.3 Å². The monoisotopic (exact) mass is 331 g/mol. The van der Waals surface area contributed by atoms with E-state index in [1.165, 1.54) is 12.1 Å². The van der Waals surface area contributed by atoms with Crippen molar-refractivity contribution in [1.29, 1.82) is 5.26 Å². The van der Waals surface area contributed by atoms with Gasteiger partial charge in [0.2, 0.25) is 5.91 Å². The Kier molecular flexibility index (Phi) is 4.53. The van der Waals surface area contributed by atoms with Crippen LogP contribution in [0, 0.1) is 17.1 Å². The van der Waals surface area contributed by atoms with E-state index in [0.717, 1.165) is 22.4 Å². The average Bonchev–Trinajstić information content (AvgIpc) is 2.61. The second-order valence-electron chi connectivity index (χ2n) is 5.63. The number of primary amides is 1. The molecule has 0 bridgehead atoms. The van der Waals surface area contributed by atoms with Gasteiger partial charge in [-0.25, -0.2) is 4.39 Å². The van der Waals surface area contributed by atoms with E-state index in [0.29, 0.717) is 17.5 Å². The van der Waals surface area contributed by atoms with Crippen LogP contribution in [0.5, 0.6) is 0 Å². The molecule has 2 N–H and O–H groups in total. The molecule has 0 saturated heterocycles. The van der Waals surface area contributed by atoms with Crippen LogP contribution in [-0.2, 0) is 6.42 Å². The first kappa shape index (κ1) is 16.3. The lowest BCUT2D eigenvalue weighted by molar-refractivity contribution is 0.100. The average molecular weight is 331 g/mol. The fourth-order valence-corrected chi connectivity index (χ4v) is 2.60. The van der Waals surface area contributed by atoms with Crippen LogP contribution in [0.4, 0.5) is 4.39 Å². The highest BCUT2D eigenvalue weighted by Crippen LogP contribution is 2.20. The number of nitriles is 1. The fourth-order valence-electron chi connectivity index (χ4n) is 2.60. The van der Waals surface area contributed by atoms with Crippen LogP contribution in [0.2, 0.25) is 0 Å². The van der Waals surface area contributed by atoms with Crippen LogP contribution in [0.3, 0.4) is 0 Å². The van der Waals surface area contributed by atoms with Crippen LogP contribution < -0.4 is 5.73 Å². The molecule has 122 valence electrons. The molecule has 0 radical (unpaired) electrons. The van der Waals surface area contributed by atoms with Gasteiger partial charge in [-0.05, 0) is 60.0 Å². The van der Waals surface area contributed by atoms with Gasteiger partial charge in [0.15, 0.2) is 0 Å². The van der Waals surface area contributed by atoms with Crippen LogP contribution in [0.15, 0.2) is 60.8 Å². The minimum Gasteiger partial charge on any atom is -0.366 e. The molecule has 25 heavy (non-hydrogen) atoms. The predicted octanol–water partition coefficient (Wildman–Crippen LogP) is 3.45. The summed E-state index contributed by atoms with van der Waals surface area (Å²) in [5, 5.41) is 8.95. The standard InChI is InChI=1S/C20H14FN3O/c21-18-9-14(8-15(10-18)12-22)7-13-5-6-24-19(11-13)16-1-3-17(4-2-16)20(23)25/h1-6,8-11H,7H2,(H2,23,25). The van der Waals surface area contributed by atoms with E-state index in [9.17, 15) is 9.18 Å². The van der Waals surface area contributed by atoms with Crippen molar-refractivity contribution >= 4 is 5.91 Å². The summed E-state index contributed by atoms with van der Waals surface area (Å²) in [4.78, 5) is 15.5. The van der Waals surface area contributed by atoms with E-state index in [1.807, 2.05) is 18.2 Å². The molecule has 0 saturated carbocycles. The summed E-state index contributed by atoms with van der Waals surface area (Å²) in [6.07, 6.45) is 2.17. The first-order valence-corrected chi connectivity index (χ1v) is 7.60. The van der Waals surface area contributed by atoms with Gasteiger partial charge in [-0.15, -0.1) is 0 Å².